The smallest absolute Gasteiger partial charge is 0.0755 e. The molecular formula is C16H16ClN. The maximum Gasteiger partial charge on any atom is 0.0755 e. The molecule has 1 saturated carbocycles. The molecular weight excluding hydrogens is 242 g/mol. The van der Waals surface area contributed by atoms with Gasteiger partial charge in [-0.3, -0.25) is 4.98 Å². The second-order valence-electron chi connectivity index (χ2n) is 5.61. The highest BCUT2D eigenvalue weighted by Gasteiger charge is 2.26. The van der Waals surface area contributed by atoms with E-state index in [-0.39, 0.29) is 0 Å². The molecule has 0 saturated heterocycles. The van der Waals surface area contributed by atoms with Crippen LogP contribution in [0.3, 0.4) is 0 Å². The van der Waals surface area contributed by atoms with Crippen molar-refractivity contribution in [3.05, 3.63) is 40.0 Å². The van der Waals surface area contributed by atoms with Gasteiger partial charge in [0.1, 0.15) is 0 Å². The van der Waals surface area contributed by atoms with Gasteiger partial charge in [-0.2, -0.15) is 0 Å². The fraction of sp³-hybridized carbons (Fsp3) is 0.438. The molecule has 4 rings (SSSR count). The van der Waals surface area contributed by atoms with Crippen molar-refractivity contribution in [2.24, 2.45) is 0 Å². The maximum atomic E-state index is 6.44. The predicted molar refractivity (Wildman–Crippen MR) is 75.4 cm³/mol. The van der Waals surface area contributed by atoms with E-state index < -0.39 is 0 Å². The monoisotopic (exact) mass is 257 g/mol. The summed E-state index contributed by atoms with van der Waals surface area (Å²) in [5, 5.41) is 2.02. The predicted octanol–water partition coefficient (Wildman–Crippen LogP) is 4.64. The van der Waals surface area contributed by atoms with Crippen molar-refractivity contribution in [1.82, 2.24) is 4.98 Å². The third-order valence-corrected chi connectivity index (χ3v) is 4.58. The molecule has 1 aromatic heterocycles. The topological polar surface area (TPSA) is 12.9 Å². The van der Waals surface area contributed by atoms with E-state index >= 15 is 0 Å². The molecule has 2 aliphatic rings. The maximum absolute atomic E-state index is 6.44. The van der Waals surface area contributed by atoms with E-state index in [4.69, 9.17) is 16.6 Å². The summed E-state index contributed by atoms with van der Waals surface area (Å²) in [5.41, 5.74) is 5.35. The Kier molecular flexibility index (Phi) is 2.38. The zero-order valence-electron chi connectivity index (χ0n) is 10.4. The Morgan fingerprint density at radius 3 is 2.78 bits per heavy atom. The van der Waals surface area contributed by atoms with Gasteiger partial charge < -0.3 is 0 Å². The van der Waals surface area contributed by atoms with Crippen LogP contribution in [-0.4, -0.2) is 4.98 Å². The first-order valence-corrected chi connectivity index (χ1v) is 7.31. The molecule has 2 aliphatic carbocycles. The number of rotatable bonds is 1. The fourth-order valence-corrected chi connectivity index (χ4v) is 3.35. The van der Waals surface area contributed by atoms with Crippen LogP contribution in [0.25, 0.3) is 10.9 Å². The van der Waals surface area contributed by atoms with Crippen LogP contribution in [-0.2, 0) is 12.8 Å². The van der Waals surface area contributed by atoms with Crippen LogP contribution in [0.4, 0.5) is 0 Å². The van der Waals surface area contributed by atoms with Gasteiger partial charge in [0.25, 0.3) is 0 Å². The Morgan fingerprint density at radius 2 is 1.94 bits per heavy atom. The molecule has 0 spiro atoms. The van der Waals surface area contributed by atoms with Gasteiger partial charge in [0.2, 0.25) is 0 Å². The van der Waals surface area contributed by atoms with Crippen LogP contribution in [0.1, 0.15) is 48.4 Å². The van der Waals surface area contributed by atoms with Gasteiger partial charge >= 0.3 is 0 Å². The summed E-state index contributed by atoms with van der Waals surface area (Å²) >= 11 is 6.44. The minimum absolute atomic E-state index is 0.673. The first-order valence-electron chi connectivity index (χ1n) is 6.94. The molecule has 1 nitrogen and oxygen atoms in total. The summed E-state index contributed by atoms with van der Waals surface area (Å²) in [6.07, 6.45) is 7.55. The Balaban J connectivity index is 2.00. The van der Waals surface area contributed by atoms with Crippen LogP contribution in [0.15, 0.2) is 18.2 Å². The summed E-state index contributed by atoms with van der Waals surface area (Å²) in [5.74, 6) is 0.673. The summed E-state index contributed by atoms with van der Waals surface area (Å²) in [6, 6.07) is 6.49. The molecule has 1 heterocycles. The molecule has 0 aliphatic heterocycles. The van der Waals surface area contributed by atoms with Crippen LogP contribution in [0.5, 0.6) is 0 Å². The first-order chi connectivity index (χ1) is 8.83. The van der Waals surface area contributed by atoms with Crippen LogP contribution >= 0.6 is 11.6 Å². The molecule has 2 aromatic rings. The van der Waals surface area contributed by atoms with Crippen LogP contribution < -0.4 is 0 Å². The van der Waals surface area contributed by atoms with Gasteiger partial charge in [-0.1, -0.05) is 23.7 Å². The number of nitrogens with zero attached hydrogens (tertiary/aromatic N) is 1. The van der Waals surface area contributed by atoms with Gasteiger partial charge in [0.15, 0.2) is 0 Å². The van der Waals surface area contributed by atoms with E-state index in [0.717, 1.165) is 10.4 Å². The zero-order chi connectivity index (χ0) is 12.1. The van der Waals surface area contributed by atoms with Gasteiger partial charge in [-0.05, 0) is 55.7 Å². The van der Waals surface area contributed by atoms with Crippen LogP contribution in [0.2, 0.25) is 5.02 Å². The van der Waals surface area contributed by atoms with E-state index in [1.165, 1.54) is 60.9 Å². The van der Waals surface area contributed by atoms with E-state index in [9.17, 15) is 0 Å². The summed E-state index contributed by atoms with van der Waals surface area (Å²) in [7, 11) is 0. The quantitative estimate of drug-likeness (QED) is 0.725. The lowest BCUT2D eigenvalue weighted by molar-refractivity contribution is 0.688. The van der Waals surface area contributed by atoms with Gasteiger partial charge in [-0.25, -0.2) is 0 Å². The van der Waals surface area contributed by atoms with Crippen molar-refractivity contribution in [2.75, 3.05) is 0 Å². The van der Waals surface area contributed by atoms with E-state index in [1.54, 1.807) is 0 Å². The van der Waals surface area contributed by atoms with E-state index in [0.29, 0.717) is 5.92 Å². The van der Waals surface area contributed by atoms with Gasteiger partial charge in [0, 0.05) is 17.0 Å². The van der Waals surface area contributed by atoms with Crippen molar-refractivity contribution < 1.29 is 0 Å². The van der Waals surface area contributed by atoms with Crippen molar-refractivity contribution in [1.29, 1.82) is 0 Å². The number of fused-ring (bicyclic) bond motifs is 3. The van der Waals surface area contributed by atoms with Crippen molar-refractivity contribution in [2.45, 2.75) is 44.4 Å². The lowest BCUT2D eigenvalue weighted by Gasteiger charge is -2.18. The Bertz CT molecular complexity index is 629. The molecule has 18 heavy (non-hydrogen) atoms. The SMILES string of the molecule is Clc1cc(C2CC2)nc2c3c(ccc12)CCCC3. The average Bonchev–Trinajstić information content (AvgIpc) is 3.22. The molecule has 92 valence electrons. The highest BCUT2D eigenvalue weighted by Crippen LogP contribution is 2.42. The Labute approximate surface area is 112 Å². The molecule has 0 amide bonds. The molecule has 0 unspecified atom stereocenters. The highest BCUT2D eigenvalue weighted by atomic mass is 35.5. The lowest BCUT2D eigenvalue weighted by Crippen LogP contribution is -2.05. The van der Waals surface area contributed by atoms with Crippen molar-refractivity contribution >= 4 is 22.5 Å². The number of aryl methyl sites for hydroxylation is 2. The summed E-state index contributed by atoms with van der Waals surface area (Å²) < 4.78 is 0. The van der Waals surface area contributed by atoms with E-state index in [2.05, 4.69) is 18.2 Å². The molecule has 1 fully saturated rings. The number of aromatic nitrogens is 1. The summed E-state index contributed by atoms with van der Waals surface area (Å²) in [6.45, 7) is 0. The van der Waals surface area contributed by atoms with Crippen LogP contribution in [0, 0.1) is 0 Å². The molecule has 1 aromatic carbocycles. The summed E-state index contributed by atoms with van der Waals surface area (Å²) in [4.78, 5) is 4.93. The second-order valence-corrected chi connectivity index (χ2v) is 6.02. The Hall–Kier alpha value is -1.08. The number of pyridine rings is 1. The van der Waals surface area contributed by atoms with Gasteiger partial charge in [0.05, 0.1) is 10.5 Å². The number of benzene rings is 1. The zero-order valence-corrected chi connectivity index (χ0v) is 11.1. The standard InChI is InChI=1S/C16H16ClN/c17-14-9-15(11-5-6-11)18-16-12-4-2-1-3-10(12)7-8-13(14)16/h7-9,11H,1-6H2. The minimum Gasteiger partial charge on any atom is -0.252 e. The second kappa shape index (κ2) is 3.96. The first kappa shape index (κ1) is 10.8. The van der Waals surface area contributed by atoms with Crippen molar-refractivity contribution in [3.63, 3.8) is 0 Å². The molecule has 2 heteroatoms. The Morgan fingerprint density at radius 1 is 1.11 bits per heavy atom. The van der Waals surface area contributed by atoms with E-state index in [1.807, 2.05) is 0 Å². The third-order valence-electron chi connectivity index (χ3n) is 4.27. The normalized spacial score (nSPS) is 18.9. The fourth-order valence-electron chi connectivity index (χ4n) is 3.09. The third kappa shape index (κ3) is 1.65. The lowest BCUT2D eigenvalue weighted by atomic mass is 9.89. The molecule has 0 radical (unpaired) electrons. The number of halogens is 1. The van der Waals surface area contributed by atoms with Gasteiger partial charge in [-0.15, -0.1) is 0 Å². The number of hydrogen-bond donors (Lipinski definition) is 0. The largest absolute Gasteiger partial charge is 0.252 e. The molecule has 0 atom stereocenters. The van der Waals surface area contributed by atoms with Crippen molar-refractivity contribution in [3.8, 4) is 0 Å². The molecule has 0 bridgehead atoms. The minimum atomic E-state index is 0.673. The molecule has 0 N–H and O–H groups in total. The highest BCUT2D eigenvalue weighted by molar-refractivity contribution is 6.35. The average molecular weight is 258 g/mol. The number of hydrogen-bond acceptors (Lipinski definition) is 1.